The van der Waals surface area contributed by atoms with E-state index in [1.165, 1.54) is 100 Å². The molecule has 0 aromatic heterocycles. The first-order valence-corrected chi connectivity index (χ1v) is 18.9. The Morgan fingerprint density at radius 3 is 1.24 bits per heavy atom. The summed E-state index contributed by atoms with van der Waals surface area (Å²) in [5.74, 6) is 0. The lowest BCUT2D eigenvalue weighted by molar-refractivity contribution is 0.776. The summed E-state index contributed by atoms with van der Waals surface area (Å²) in [4.78, 5) is 2.49. The summed E-state index contributed by atoms with van der Waals surface area (Å²) in [5, 5.41) is 2.53. The molecule has 0 N–H and O–H groups in total. The summed E-state index contributed by atoms with van der Waals surface area (Å²) >= 11 is 0. The average Bonchev–Trinajstić information content (AvgIpc) is 3.38. The van der Waals surface area contributed by atoms with Crippen molar-refractivity contribution in [3.05, 3.63) is 222 Å². The van der Waals surface area contributed by atoms with Crippen LogP contribution >= 0.6 is 0 Å². The summed E-state index contributed by atoms with van der Waals surface area (Å²) in [6.07, 6.45) is 0. The van der Waals surface area contributed by atoms with Crippen LogP contribution < -0.4 is 4.90 Å². The molecule has 0 amide bonds. The number of hydrogen-bond donors (Lipinski definition) is 0. The number of rotatable bonds is 1. The Morgan fingerprint density at radius 1 is 0.259 bits per heavy atom. The van der Waals surface area contributed by atoms with E-state index < -0.39 is 5.41 Å². The third kappa shape index (κ3) is 3.83. The lowest BCUT2D eigenvalue weighted by Crippen LogP contribution is -2.29. The molecule has 0 radical (unpaired) electrons. The molecule has 0 bridgehead atoms. The van der Waals surface area contributed by atoms with E-state index in [4.69, 9.17) is 0 Å². The Kier molecular flexibility index (Phi) is 6.04. The van der Waals surface area contributed by atoms with Crippen LogP contribution in [0.1, 0.15) is 22.3 Å². The average molecular weight is 684 g/mol. The van der Waals surface area contributed by atoms with Gasteiger partial charge in [0.05, 0.1) is 16.8 Å². The van der Waals surface area contributed by atoms with Crippen LogP contribution in [-0.4, -0.2) is 0 Å². The van der Waals surface area contributed by atoms with Gasteiger partial charge in [0, 0.05) is 16.8 Å². The van der Waals surface area contributed by atoms with Gasteiger partial charge in [-0.05, 0) is 114 Å². The van der Waals surface area contributed by atoms with Gasteiger partial charge in [0.25, 0.3) is 0 Å². The number of fused-ring (bicyclic) bond motifs is 18. The van der Waals surface area contributed by atoms with Crippen LogP contribution in [0.2, 0.25) is 0 Å². The second-order valence-corrected chi connectivity index (χ2v) is 14.8. The lowest BCUT2D eigenvalue weighted by atomic mass is 9.65. The second kappa shape index (κ2) is 11.0. The summed E-state index contributed by atoms with van der Waals surface area (Å²) in [6, 6.07) is 75.0. The van der Waals surface area contributed by atoms with E-state index in [1.54, 1.807) is 0 Å². The number of benzene rings is 9. The van der Waals surface area contributed by atoms with E-state index in [2.05, 4.69) is 205 Å². The molecule has 9 aromatic rings. The van der Waals surface area contributed by atoms with Crippen molar-refractivity contribution in [2.24, 2.45) is 0 Å². The molecular weight excluding hydrogens is 651 g/mol. The van der Waals surface area contributed by atoms with Gasteiger partial charge in [0.2, 0.25) is 0 Å². The van der Waals surface area contributed by atoms with Gasteiger partial charge in [-0.2, -0.15) is 0 Å². The van der Waals surface area contributed by atoms with Gasteiger partial charge < -0.3 is 4.90 Å². The number of nitrogens with zero attached hydrogens (tertiary/aromatic N) is 1. The fourth-order valence-electron chi connectivity index (χ4n) is 10.1. The smallest absolute Gasteiger partial charge is 0.0725 e. The summed E-state index contributed by atoms with van der Waals surface area (Å²) in [7, 11) is 0. The predicted molar refractivity (Wildman–Crippen MR) is 225 cm³/mol. The van der Waals surface area contributed by atoms with Crippen molar-refractivity contribution in [1.29, 1.82) is 0 Å². The van der Waals surface area contributed by atoms with Crippen LogP contribution in [0.4, 0.5) is 17.1 Å². The van der Waals surface area contributed by atoms with Crippen molar-refractivity contribution >= 4 is 27.8 Å². The molecule has 250 valence electrons. The fraction of sp³-hybridized carbons (Fsp3) is 0.0189. The molecule has 1 atom stereocenters. The summed E-state index contributed by atoms with van der Waals surface area (Å²) < 4.78 is 0. The molecule has 1 nitrogen and oxygen atoms in total. The minimum Gasteiger partial charge on any atom is -0.309 e. The van der Waals surface area contributed by atoms with Gasteiger partial charge in [-0.3, -0.25) is 0 Å². The highest BCUT2D eigenvalue weighted by Gasteiger charge is 2.50. The van der Waals surface area contributed by atoms with Crippen molar-refractivity contribution in [3.8, 4) is 55.6 Å². The van der Waals surface area contributed by atoms with Crippen LogP contribution in [0, 0.1) is 0 Å². The lowest BCUT2D eigenvalue weighted by Gasteiger charge is -2.36. The van der Waals surface area contributed by atoms with Gasteiger partial charge in [-0.25, -0.2) is 0 Å². The van der Waals surface area contributed by atoms with Crippen molar-refractivity contribution in [3.63, 3.8) is 0 Å². The van der Waals surface area contributed by atoms with E-state index >= 15 is 0 Å². The van der Waals surface area contributed by atoms with E-state index in [0.29, 0.717) is 0 Å². The van der Waals surface area contributed by atoms with E-state index in [0.717, 1.165) is 5.69 Å². The second-order valence-electron chi connectivity index (χ2n) is 14.8. The molecule has 54 heavy (non-hydrogen) atoms. The Labute approximate surface area is 315 Å². The van der Waals surface area contributed by atoms with Gasteiger partial charge in [-0.1, -0.05) is 164 Å². The third-order valence-electron chi connectivity index (χ3n) is 12.2. The fourth-order valence-corrected chi connectivity index (χ4v) is 10.1. The molecule has 1 heterocycles. The standard InChI is InChI=1S/C53H33N/c1-2-16-35-32-50-45(31-34(35)15-1)42-22-8-12-26-48(42)53(50)47-25-11-7-21-41(47)37-17-3-6-20-40(37)46-33-36(29-30-49(46)53)54-51-27-13-9-23-43(51)38-18-4-5-19-39(38)44-24-10-14-28-52(44)54/h1-33H. The Bertz CT molecular complexity index is 2960. The van der Waals surface area contributed by atoms with E-state index in [9.17, 15) is 0 Å². The minimum absolute atomic E-state index is 0.537. The molecule has 0 saturated carbocycles. The molecule has 1 unspecified atom stereocenters. The van der Waals surface area contributed by atoms with Crippen LogP contribution in [0.25, 0.3) is 66.4 Å². The third-order valence-corrected chi connectivity index (χ3v) is 12.2. The minimum atomic E-state index is -0.537. The topological polar surface area (TPSA) is 3.24 Å². The number of hydrogen-bond acceptors (Lipinski definition) is 1. The van der Waals surface area contributed by atoms with Crippen molar-refractivity contribution in [2.75, 3.05) is 4.90 Å². The van der Waals surface area contributed by atoms with Gasteiger partial charge >= 0.3 is 0 Å². The SMILES string of the molecule is c1ccc2c(c1)-c1ccccc1N(c1ccc3c(c1)-c1ccccc1-c1ccccc1C31c3ccccc3-c3cc4ccccc4cc31)c1ccccc1-2. The van der Waals surface area contributed by atoms with Crippen LogP contribution in [-0.2, 0) is 5.41 Å². The highest BCUT2D eigenvalue weighted by atomic mass is 15.1. The molecule has 3 aliphatic rings. The highest BCUT2D eigenvalue weighted by molar-refractivity contribution is 6.05. The largest absolute Gasteiger partial charge is 0.309 e. The predicted octanol–water partition coefficient (Wildman–Crippen LogP) is 14.0. The molecule has 9 aromatic carbocycles. The normalized spacial score (nSPS) is 15.4. The molecule has 1 aliphatic heterocycles. The summed E-state index contributed by atoms with van der Waals surface area (Å²) in [5.41, 5.74) is 20.9. The molecule has 1 heteroatoms. The van der Waals surface area contributed by atoms with E-state index in [-0.39, 0.29) is 0 Å². The van der Waals surface area contributed by atoms with Crippen LogP contribution in [0.15, 0.2) is 200 Å². The zero-order valence-electron chi connectivity index (χ0n) is 29.5. The monoisotopic (exact) mass is 683 g/mol. The van der Waals surface area contributed by atoms with Crippen molar-refractivity contribution < 1.29 is 0 Å². The zero-order chi connectivity index (χ0) is 35.4. The van der Waals surface area contributed by atoms with Crippen LogP contribution in [0.5, 0.6) is 0 Å². The quantitative estimate of drug-likeness (QED) is 0.166. The van der Waals surface area contributed by atoms with Crippen molar-refractivity contribution in [2.45, 2.75) is 5.41 Å². The number of anilines is 3. The Balaban J connectivity index is 1.22. The Hall–Kier alpha value is -6.96. The van der Waals surface area contributed by atoms with Gasteiger partial charge in [0.1, 0.15) is 0 Å². The maximum atomic E-state index is 2.49. The Morgan fingerprint density at radius 2 is 0.648 bits per heavy atom. The van der Waals surface area contributed by atoms with Gasteiger partial charge in [-0.15, -0.1) is 0 Å². The van der Waals surface area contributed by atoms with Crippen molar-refractivity contribution in [1.82, 2.24) is 0 Å². The molecule has 0 fully saturated rings. The molecule has 1 spiro atoms. The molecule has 0 saturated heterocycles. The first-order chi connectivity index (χ1) is 26.8. The number of para-hydroxylation sites is 2. The summed E-state index contributed by atoms with van der Waals surface area (Å²) in [6.45, 7) is 0. The zero-order valence-corrected chi connectivity index (χ0v) is 29.5. The molecular formula is C53H33N. The maximum absolute atomic E-state index is 2.49. The maximum Gasteiger partial charge on any atom is 0.0725 e. The molecule has 12 rings (SSSR count). The first kappa shape index (κ1) is 29.6. The highest BCUT2D eigenvalue weighted by Crippen LogP contribution is 2.62. The van der Waals surface area contributed by atoms with Crippen LogP contribution in [0.3, 0.4) is 0 Å². The van der Waals surface area contributed by atoms with Gasteiger partial charge in [0.15, 0.2) is 0 Å². The van der Waals surface area contributed by atoms with E-state index in [1.807, 2.05) is 0 Å². The molecule has 2 aliphatic carbocycles. The first-order valence-electron chi connectivity index (χ1n) is 18.9.